The topological polar surface area (TPSA) is 78.7 Å². The van der Waals surface area contributed by atoms with Crippen LogP contribution in [0.25, 0.3) is 0 Å². The maximum Gasteiger partial charge on any atom is 0.287 e. The lowest BCUT2D eigenvalue weighted by Gasteiger charge is -2.17. The Hall–Kier alpha value is -1.98. The van der Waals surface area contributed by atoms with Gasteiger partial charge in [-0.05, 0) is 32.8 Å². The number of nitrogens with one attached hydrogen (secondary N) is 3. The molecule has 24 heavy (non-hydrogen) atoms. The number of unbranched alkanes of at least 4 members (excludes halogenated alkanes) is 2. The highest BCUT2D eigenvalue weighted by atomic mass is 16.3. The molecule has 0 aliphatic heterocycles. The molecule has 0 aromatic carbocycles. The average Bonchev–Trinajstić information content (AvgIpc) is 2.99. The molecule has 0 bridgehead atoms. The molecule has 0 saturated carbocycles. The van der Waals surface area contributed by atoms with Gasteiger partial charge in [0.2, 0.25) is 0 Å². The van der Waals surface area contributed by atoms with Crippen molar-refractivity contribution in [2.24, 2.45) is 4.99 Å². The smallest absolute Gasteiger partial charge is 0.287 e. The summed E-state index contributed by atoms with van der Waals surface area (Å²) < 4.78 is 5.17. The fourth-order valence-electron chi connectivity index (χ4n) is 2.38. The van der Waals surface area contributed by atoms with Crippen molar-refractivity contribution in [2.75, 3.05) is 20.1 Å². The Morgan fingerprint density at radius 2 is 2.00 bits per heavy atom. The number of carbonyl (C=O) groups excluding carboxylic acids is 1. The average molecular weight is 336 g/mol. The standard InChI is InChI=1S/C18H32N4O2/c1-5-6-7-9-15(3)22-18(19-4)21-12-8-11-20-17(23)16-14(2)10-13-24-16/h10,13,15H,5-9,11-12H2,1-4H3,(H,20,23)(H2,19,21,22). The number of aryl methyl sites for hydroxylation is 1. The SMILES string of the molecule is CCCCCC(C)NC(=NC)NCCCNC(=O)c1occc1C. The zero-order chi connectivity index (χ0) is 17.8. The first-order chi connectivity index (χ1) is 11.6. The third kappa shape index (κ3) is 7.53. The first-order valence-corrected chi connectivity index (χ1v) is 8.88. The van der Waals surface area contributed by atoms with Gasteiger partial charge in [-0.2, -0.15) is 0 Å². The van der Waals surface area contributed by atoms with E-state index in [2.05, 4.69) is 34.8 Å². The summed E-state index contributed by atoms with van der Waals surface area (Å²) in [5, 5.41) is 9.53. The van der Waals surface area contributed by atoms with E-state index in [9.17, 15) is 4.79 Å². The molecule has 6 heteroatoms. The monoisotopic (exact) mass is 336 g/mol. The normalized spacial score (nSPS) is 12.8. The number of carbonyl (C=O) groups is 1. The summed E-state index contributed by atoms with van der Waals surface area (Å²) in [6, 6.07) is 2.19. The quantitative estimate of drug-likeness (QED) is 0.349. The molecule has 1 aromatic heterocycles. The Bertz CT molecular complexity index is 511. The van der Waals surface area contributed by atoms with E-state index in [4.69, 9.17) is 4.42 Å². The van der Waals surface area contributed by atoms with Gasteiger partial charge in [0, 0.05) is 31.7 Å². The van der Waals surface area contributed by atoms with Crippen molar-refractivity contribution in [3.63, 3.8) is 0 Å². The molecule has 136 valence electrons. The molecule has 0 saturated heterocycles. The Labute approximate surface area is 145 Å². The predicted octanol–water partition coefficient (Wildman–Crippen LogP) is 2.84. The van der Waals surface area contributed by atoms with Gasteiger partial charge in [-0.3, -0.25) is 9.79 Å². The number of hydrogen-bond donors (Lipinski definition) is 3. The van der Waals surface area contributed by atoms with E-state index in [1.807, 2.05) is 6.92 Å². The minimum absolute atomic E-state index is 0.162. The summed E-state index contributed by atoms with van der Waals surface area (Å²) >= 11 is 0. The zero-order valence-electron chi connectivity index (χ0n) is 15.4. The second-order valence-corrected chi connectivity index (χ2v) is 6.08. The maximum atomic E-state index is 11.9. The van der Waals surface area contributed by atoms with Crippen LogP contribution in [-0.2, 0) is 0 Å². The molecule has 1 heterocycles. The van der Waals surface area contributed by atoms with Crippen LogP contribution in [0.15, 0.2) is 21.7 Å². The van der Waals surface area contributed by atoms with E-state index >= 15 is 0 Å². The van der Waals surface area contributed by atoms with Crippen molar-refractivity contribution in [3.05, 3.63) is 23.7 Å². The molecule has 1 amide bonds. The minimum atomic E-state index is -0.162. The third-order valence-electron chi connectivity index (χ3n) is 3.85. The van der Waals surface area contributed by atoms with Crippen LogP contribution in [0, 0.1) is 6.92 Å². The molecular formula is C18H32N4O2. The van der Waals surface area contributed by atoms with Gasteiger partial charge in [-0.1, -0.05) is 26.2 Å². The first kappa shape index (κ1) is 20.1. The van der Waals surface area contributed by atoms with Crippen molar-refractivity contribution >= 4 is 11.9 Å². The summed E-state index contributed by atoms with van der Waals surface area (Å²) in [4.78, 5) is 16.1. The first-order valence-electron chi connectivity index (χ1n) is 8.88. The Morgan fingerprint density at radius 3 is 2.62 bits per heavy atom. The molecule has 6 nitrogen and oxygen atoms in total. The van der Waals surface area contributed by atoms with E-state index in [-0.39, 0.29) is 5.91 Å². The van der Waals surface area contributed by atoms with Crippen LogP contribution in [0.4, 0.5) is 0 Å². The highest BCUT2D eigenvalue weighted by Crippen LogP contribution is 2.07. The van der Waals surface area contributed by atoms with Crippen molar-refractivity contribution in [2.45, 2.75) is 58.9 Å². The van der Waals surface area contributed by atoms with E-state index in [1.54, 1.807) is 13.1 Å². The van der Waals surface area contributed by atoms with Gasteiger partial charge in [0.1, 0.15) is 0 Å². The lowest BCUT2D eigenvalue weighted by atomic mass is 10.1. The number of guanidine groups is 1. The van der Waals surface area contributed by atoms with Crippen molar-refractivity contribution in [3.8, 4) is 0 Å². The van der Waals surface area contributed by atoms with E-state index in [0.717, 1.165) is 30.9 Å². The number of hydrogen-bond acceptors (Lipinski definition) is 3. The fourth-order valence-corrected chi connectivity index (χ4v) is 2.38. The zero-order valence-corrected chi connectivity index (χ0v) is 15.4. The predicted molar refractivity (Wildman–Crippen MR) is 98.5 cm³/mol. The van der Waals surface area contributed by atoms with Gasteiger partial charge in [-0.15, -0.1) is 0 Å². The van der Waals surface area contributed by atoms with Crippen LogP contribution in [-0.4, -0.2) is 38.0 Å². The van der Waals surface area contributed by atoms with Crippen LogP contribution in [0.2, 0.25) is 0 Å². The maximum absolute atomic E-state index is 11.9. The lowest BCUT2D eigenvalue weighted by molar-refractivity contribution is 0.0925. The number of rotatable bonds is 10. The molecule has 1 unspecified atom stereocenters. The van der Waals surface area contributed by atoms with Crippen molar-refractivity contribution < 1.29 is 9.21 Å². The summed E-state index contributed by atoms with van der Waals surface area (Å²) in [6.45, 7) is 7.59. The van der Waals surface area contributed by atoms with E-state index < -0.39 is 0 Å². The van der Waals surface area contributed by atoms with Crippen molar-refractivity contribution in [1.29, 1.82) is 0 Å². The molecule has 0 aliphatic carbocycles. The van der Waals surface area contributed by atoms with Gasteiger partial charge < -0.3 is 20.4 Å². The molecule has 3 N–H and O–H groups in total. The van der Waals surface area contributed by atoms with Crippen LogP contribution in [0.5, 0.6) is 0 Å². The number of nitrogens with zero attached hydrogens (tertiary/aromatic N) is 1. The van der Waals surface area contributed by atoms with Crippen LogP contribution in [0.1, 0.15) is 62.1 Å². The molecule has 0 aliphatic rings. The Morgan fingerprint density at radius 1 is 1.25 bits per heavy atom. The van der Waals surface area contributed by atoms with Gasteiger partial charge in [0.25, 0.3) is 5.91 Å². The lowest BCUT2D eigenvalue weighted by Crippen LogP contribution is -2.43. The Kier molecular flexibility index (Phi) is 9.65. The van der Waals surface area contributed by atoms with E-state index in [0.29, 0.717) is 18.3 Å². The molecule has 0 radical (unpaired) electrons. The summed E-state index contributed by atoms with van der Waals surface area (Å²) in [5.74, 6) is 1.04. The van der Waals surface area contributed by atoms with Crippen LogP contribution in [0.3, 0.4) is 0 Å². The molecular weight excluding hydrogens is 304 g/mol. The highest BCUT2D eigenvalue weighted by molar-refractivity contribution is 5.92. The highest BCUT2D eigenvalue weighted by Gasteiger charge is 2.11. The summed E-state index contributed by atoms with van der Waals surface area (Å²) in [5.41, 5.74) is 0.854. The fraction of sp³-hybridized carbons (Fsp3) is 0.667. The van der Waals surface area contributed by atoms with Gasteiger partial charge >= 0.3 is 0 Å². The Balaban J connectivity index is 2.16. The number of aliphatic imine (C=N–C) groups is 1. The summed E-state index contributed by atoms with van der Waals surface area (Å²) in [6.07, 6.45) is 7.24. The van der Waals surface area contributed by atoms with E-state index in [1.165, 1.54) is 25.5 Å². The second-order valence-electron chi connectivity index (χ2n) is 6.08. The van der Waals surface area contributed by atoms with Gasteiger partial charge in [0.15, 0.2) is 11.7 Å². The molecule has 0 fully saturated rings. The summed E-state index contributed by atoms with van der Waals surface area (Å²) in [7, 11) is 1.77. The van der Waals surface area contributed by atoms with Crippen molar-refractivity contribution in [1.82, 2.24) is 16.0 Å². The second kappa shape index (κ2) is 11.5. The minimum Gasteiger partial charge on any atom is -0.459 e. The van der Waals surface area contributed by atoms with Gasteiger partial charge in [-0.25, -0.2) is 0 Å². The molecule has 0 spiro atoms. The molecule has 1 rings (SSSR count). The van der Waals surface area contributed by atoms with Gasteiger partial charge in [0.05, 0.1) is 6.26 Å². The van der Waals surface area contributed by atoms with Crippen LogP contribution >= 0.6 is 0 Å². The largest absolute Gasteiger partial charge is 0.459 e. The molecule has 1 atom stereocenters. The van der Waals surface area contributed by atoms with Crippen LogP contribution < -0.4 is 16.0 Å². The third-order valence-corrected chi connectivity index (χ3v) is 3.85. The number of amides is 1. The number of furan rings is 1. The molecule has 1 aromatic rings.